The Labute approximate surface area is 144 Å². The molecule has 0 aliphatic rings. The van der Waals surface area contributed by atoms with Crippen molar-refractivity contribution < 1.29 is 10.0 Å². The van der Waals surface area contributed by atoms with Gasteiger partial charge in [-0.05, 0) is 56.1 Å². The van der Waals surface area contributed by atoms with Crippen molar-refractivity contribution in [2.75, 3.05) is 20.1 Å². The molecule has 24 heavy (non-hydrogen) atoms. The van der Waals surface area contributed by atoms with Crippen molar-refractivity contribution in [2.45, 2.75) is 26.2 Å². The number of allylic oxidation sites excluding steroid dienone is 3. The summed E-state index contributed by atoms with van der Waals surface area (Å²) in [6, 6.07) is 3.65. The van der Waals surface area contributed by atoms with E-state index in [2.05, 4.69) is 23.8 Å². The Kier molecular flexibility index (Phi) is 8.68. The van der Waals surface area contributed by atoms with E-state index in [9.17, 15) is 10.0 Å². The summed E-state index contributed by atoms with van der Waals surface area (Å²) in [5.74, 6) is -0.212. The minimum absolute atomic E-state index is 0.0798. The number of hydrogen-bond donors (Lipinski definition) is 2. The Bertz CT molecular complexity index is 608. The highest BCUT2D eigenvalue weighted by Gasteiger charge is 2.17. The van der Waals surface area contributed by atoms with Gasteiger partial charge >= 0.3 is 0 Å². The van der Waals surface area contributed by atoms with Gasteiger partial charge in [-0.15, -0.1) is 0 Å². The van der Waals surface area contributed by atoms with E-state index in [1.165, 1.54) is 0 Å². The second-order valence-electron chi connectivity index (χ2n) is 5.61. The number of hydrogen-bond acceptors (Lipinski definition) is 4. The highest BCUT2D eigenvalue weighted by molar-refractivity contribution is 5.91. The summed E-state index contributed by atoms with van der Waals surface area (Å²) in [7, 11) is 1.91. The quantitative estimate of drug-likeness (QED) is 0.414. The molecule has 0 saturated carbocycles. The Morgan fingerprint density at radius 2 is 2.29 bits per heavy atom. The van der Waals surface area contributed by atoms with Crippen LogP contribution in [0.15, 0.2) is 54.8 Å². The third-order valence-corrected chi connectivity index (χ3v) is 3.68. The summed E-state index contributed by atoms with van der Waals surface area (Å²) < 4.78 is 0. The van der Waals surface area contributed by atoms with Crippen molar-refractivity contribution >= 4 is 5.91 Å². The van der Waals surface area contributed by atoms with Crippen LogP contribution in [0.5, 0.6) is 0 Å². The summed E-state index contributed by atoms with van der Waals surface area (Å²) in [5, 5.41) is 13.9. The van der Waals surface area contributed by atoms with Crippen LogP contribution in [0.2, 0.25) is 0 Å². The average Bonchev–Trinajstić information content (AvgIpc) is 2.59. The van der Waals surface area contributed by atoms with E-state index in [-0.39, 0.29) is 12.2 Å². The van der Waals surface area contributed by atoms with E-state index in [0.29, 0.717) is 11.0 Å². The van der Waals surface area contributed by atoms with Gasteiger partial charge in [-0.2, -0.15) is 0 Å². The number of amides is 1. The molecule has 1 unspecified atom stereocenters. The lowest BCUT2D eigenvalue weighted by atomic mass is 9.98. The Balaban J connectivity index is 2.86. The van der Waals surface area contributed by atoms with Gasteiger partial charge in [0, 0.05) is 6.20 Å². The molecule has 0 fully saturated rings. The second kappa shape index (κ2) is 10.5. The smallest absolute Gasteiger partial charge is 0.296 e. The van der Waals surface area contributed by atoms with Crippen molar-refractivity contribution in [1.29, 1.82) is 0 Å². The largest absolute Gasteiger partial charge is 0.320 e. The van der Waals surface area contributed by atoms with E-state index in [1.54, 1.807) is 24.4 Å². The van der Waals surface area contributed by atoms with Crippen molar-refractivity contribution in [1.82, 2.24) is 15.4 Å². The maximum atomic E-state index is 12.4. The zero-order chi connectivity index (χ0) is 17.9. The summed E-state index contributed by atoms with van der Waals surface area (Å²) in [6.07, 6.45) is 9.61. The molecule has 1 aromatic heterocycles. The monoisotopic (exact) mass is 329 g/mol. The van der Waals surface area contributed by atoms with Gasteiger partial charge in [0.05, 0.1) is 6.54 Å². The molecule has 0 aliphatic carbocycles. The molecular formula is C19H27N3O2. The van der Waals surface area contributed by atoms with Crippen molar-refractivity contribution in [3.63, 3.8) is 0 Å². The number of carbonyl (C=O) groups is 1. The van der Waals surface area contributed by atoms with Crippen molar-refractivity contribution in [2.24, 2.45) is 0 Å². The highest BCUT2D eigenvalue weighted by Crippen LogP contribution is 2.19. The fourth-order valence-electron chi connectivity index (χ4n) is 2.30. The van der Waals surface area contributed by atoms with E-state index < -0.39 is 5.91 Å². The zero-order valence-electron chi connectivity index (χ0n) is 14.7. The minimum Gasteiger partial charge on any atom is -0.320 e. The predicted octanol–water partition coefficient (Wildman–Crippen LogP) is 3.31. The molecule has 0 radical (unpaired) electrons. The lowest BCUT2D eigenvalue weighted by Gasteiger charge is -2.17. The number of nitrogens with zero attached hydrogens (tertiary/aromatic N) is 2. The first kappa shape index (κ1) is 19.8. The van der Waals surface area contributed by atoms with Gasteiger partial charge < -0.3 is 5.32 Å². The van der Waals surface area contributed by atoms with Crippen LogP contribution in [0, 0.1) is 0 Å². The topological polar surface area (TPSA) is 65.5 Å². The van der Waals surface area contributed by atoms with Crippen molar-refractivity contribution in [3.8, 4) is 0 Å². The molecule has 5 heteroatoms. The normalized spacial score (nSPS) is 13.1. The van der Waals surface area contributed by atoms with Gasteiger partial charge in [0.1, 0.15) is 5.69 Å². The predicted molar refractivity (Wildman–Crippen MR) is 97.1 cm³/mol. The molecule has 1 amide bonds. The third-order valence-electron chi connectivity index (χ3n) is 3.68. The molecule has 1 heterocycles. The number of carbonyl (C=O) groups excluding carboxylic acids is 1. The SMILES string of the molecule is C=C/C=C(\C=C/C)CN(O)C(=O)c1cc(C(C)CCNC)ccn1. The first-order chi connectivity index (χ1) is 11.5. The lowest BCUT2D eigenvalue weighted by Crippen LogP contribution is -2.30. The van der Waals surface area contributed by atoms with E-state index in [1.807, 2.05) is 32.2 Å². The Morgan fingerprint density at radius 1 is 1.54 bits per heavy atom. The lowest BCUT2D eigenvalue weighted by molar-refractivity contribution is -0.0511. The maximum Gasteiger partial charge on any atom is 0.296 e. The van der Waals surface area contributed by atoms with Crippen LogP contribution in [0.25, 0.3) is 0 Å². The van der Waals surface area contributed by atoms with Crippen molar-refractivity contribution in [3.05, 3.63) is 66.0 Å². The standard InChI is InChI=1S/C19H27N3O2/c1-5-7-16(8-6-2)14-22(24)19(23)18-13-17(10-12-21-18)15(3)9-11-20-4/h5-8,10,12-13,15,20,24H,1,9,11,14H2,2-4H3/b8-6-,16-7+. The average molecular weight is 329 g/mol. The maximum absolute atomic E-state index is 12.4. The number of aromatic nitrogens is 1. The van der Waals surface area contributed by atoms with Gasteiger partial charge in [0.2, 0.25) is 0 Å². The third kappa shape index (κ3) is 6.10. The van der Waals surface area contributed by atoms with Crippen LogP contribution in [0.3, 0.4) is 0 Å². The number of hydroxylamine groups is 2. The van der Waals surface area contributed by atoms with Gasteiger partial charge in [-0.3, -0.25) is 15.0 Å². The Morgan fingerprint density at radius 3 is 2.92 bits per heavy atom. The van der Waals surface area contributed by atoms with Gasteiger partial charge in [-0.25, -0.2) is 5.06 Å². The van der Waals surface area contributed by atoms with Gasteiger partial charge in [-0.1, -0.05) is 37.8 Å². The molecule has 1 rings (SSSR count). The summed E-state index contributed by atoms with van der Waals surface area (Å²) >= 11 is 0. The van der Waals surface area contributed by atoms with Crippen LogP contribution < -0.4 is 5.32 Å². The van der Waals surface area contributed by atoms with Crippen LogP contribution in [0.4, 0.5) is 0 Å². The molecule has 0 spiro atoms. The van der Waals surface area contributed by atoms with E-state index in [0.717, 1.165) is 24.1 Å². The molecule has 1 atom stereocenters. The van der Waals surface area contributed by atoms with Crippen LogP contribution in [-0.4, -0.2) is 41.3 Å². The van der Waals surface area contributed by atoms with Crippen LogP contribution >= 0.6 is 0 Å². The molecule has 5 nitrogen and oxygen atoms in total. The molecular weight excluding hydrogens is 302 g/mol. The summed E-state index contributed by atoms with van der Waals surface area (Å²) in [4.78, 5) is 16.5. The molecule has 0 aromatic carbocycles. The second-order valence-corrected chi connectivity index (χ2v) is 5.61. The first-order valence-electron chi connectivity index (χ1n) is 8.09. The minimum atomic E-state index is -0.517. The molecule has 0 saturated heterocycles. The molecule has 0 bridgehead atoms. The van der Waals surface area contributed by atoms with Crippen LogP contribution in [0.1, 0.15) is 42.2 Å². The Hall–Kier alpha value is -2.24. The fraction of sp³-hybridized carbons (Fsp3) is 0.368. The summed E-state index contributed by atoms with van der Waals surface area (Å²) in [5.41, 5.74) is 2.05. The number of pyridine rings is 1. The first-order valence-corrected chi connectivity index (χ1v) is 8.09. The van der Waals surface area contributed by atoms with E-state index in [4.69, 9.17) is 0 Å². The van der Waals surface area contributed by atoms with E-state index >= 15 is 0 Å². The van der Waals surface area contributed by atoms with Gasteiger partial charge in [0.15, 0.2) is 0 Å². The molecule has 130 valence electrons. The number of nitrogens with one attached hydrogen (secondary N) is 1. The molecule has 1 aromatic rings. The molecule has 0 aliphatic heterocycles. The van der Waals surface area contributed by atoms with Crippen LogP contribution in [-0.2, 0) is 0 Å². The highest BCUT2D eigenvalue weighted by atomic mass is 16.5. The summed E-state index contributed by atoms with van der Waals surface area (Å²) in [6.45, 7) is 8.60. The zero-order valence-corrected chi connectivity index (χ0v) is 14.7. The molecule has 2 N–H and O–H groups in total. The number of rotatable bonds is 9. The fourth-order valence-corrected chi connectivity index (χ4v) is 2.30. The van der Waals surface area contributed by atoms with Gasteiger partial charge in [0.25, 0.3) is 5.91 Å².